The third-order valence-corrected chi connectivity index (χ3v) is 8.58. The van der Waals surface area contributed by atoms with Crippen molar-refractivity contribution in [2.75, 3.05) is 33.1 Å². The van der Waals surface area contributed by atoms with E-state index >= 15 is 0 Å². The number of carbonyl (C=O) groups is 1. The van der Waals surface area contributed by atoms with Gasteiger partial charge in [0.25, 0.3) is 5.91 Å². The Balaban J connectivity index is 1.67. The number of anilines is 3. The van der Waals surface area contributed by atoms with Crippen LogP contribution in [0.4, 0.5) is 17.5 Å². The monoisotopic (exact) mass is 597 g/mol. The van der Waals surface area contributed by atoms with Crippen LogP contribution in [-0.2, 0) is 11.3 Å². The Bertz CT molecular complexity index is 1250. The molecule has 1 fully saturated rings. The van der Waals surface area contributed by atoms with Crippen molar-refractivity contribution in [3.05, 3.63) is 45.8 Å². The molecule has 0 saturated carbocycles. The summed E-state index contributed by atoms with van der Waals surface area (Å²) in [5.41, 5.74) is 1.30. The predicted molar refractivity (Wildman–Crippen MR) is 130 cm³/mol. The SMILES string of the molecule is CCCn1c(=O)c(OCC(=O)NC)cc2cc(Nc3nc(N4CCCC[I-]4)ncc3Cl)ccc21. The number of carbonyl (C=O) groups excluding carboxylic acids is 1. The quantitative estimate of drug-likeness (QED) is 0.219. The number of rotatable bonds is 8. The average molecular weight is 598 g/mol. The van der Waals surface area contributed by atoms with E-state index in [2.05, 4.69) is 23.7 Å². The van der Waals surface area contributed by atoms with Gasteiger partial charge in [-0.15, -0.1) is 0 Å². The van der Waals surface area contributed by atoms with Gasteiger partial charge in [0.2, 0.25) is 0 Å². The zero-order chi connectivity index (χ0) is 24.1. The summed E-state index contributed by atoms with van der Waals surface area (Å²) in [6, 6.07) is 7.37. The minimum atomic E-state index is -0.303. The Hall–Kier alpha value is -2.60. The molecular formula is C23H27ClIN6O3-. The van der Waals surface area contributed by atoms with Gasteiger partial charge in [-0.25, -0.2) is 0 Å². The van der Waals surface area contributed by atoms with Crippen LogP contribution in [0.5, 0.6) is 5.75 Å². The van der Waals surface area contributed by atoms with E-state index in [1.54, 1.807) is 16.8 Å². The van der Waals surface area contributed by atoms with Gasteiger partial charge >= 0.3 is 184 Å². The molecule has 11 heteroatoms. The van der Waals surface area contributed by atoms with Crippen LogP contribution in [0.1, 0.15) is 26.2 Å². The molecule has 0 bridgehead atoms. The second-order valence-electron chi connectivity index (χ2n) is 7.79. The summed E-state index contributed by atoms with van der Waals surface area (Å²) in [6.07, 6.45) is 4.85. The molecule has 1 aromatic carbocycles. The molecule has 0 aliphatic carbocycles. The number of nitrogens with one attached hydrogen (secondary N) is 2. The third kappa shape index (κ3) is 5.54. The molecule has 2 aromatic heterocycles. The van der Waals surface area contributed by atoms with Crippen molar-refractivity contribution in [1.29, 1.82) is 0 Å². The molecule has 1 aliphatic rings. The Morgan fingerprint density at radius 2 is 2.15 bits per heavy atom. The van der Waals surface area contributed by atoms with Gasteiger partial charge in [0.05, 0.1) is 0 Å². The molecule has 34 heavy (non-hydrogen) atoms. The van der Waals surface area contributed by atoms with E-state index in [0.717, 1.165) is 36.0 Å². The van der Waals surface area contributed by atoms with Crippen LogP contribution in [0, 0.1) is 0 Å². The van der Waals surface area contributed by atoms with Gasteiger partial charge in [0.15, 0.2) is 0 Å². The Labute approximate surface area is 213 Å². The summed E-state index contributed by atoms with van der Waals surface area (Å²) in [5, 5.41) is 7.03. The Morgan fingerprint density at radius 3 is 2.88 bits per heavy atom. The van der Waals surface area contributed by atoms with Gasteiger partial charge in [-0.1, -0.05) is 6.92 Å². The standard InChI is InChI=1S/C23H27ClIN6O3/c1-3-9-30-18-7-6-16(11-15(18)12-19(22(30)33)34-14-20(32)26-2)28-21-17(24)13-27-23(29-21)31-10-5-4-8-25-31/h6-7,11-13H,3-5,8-10,14H2,1-2H3,(H,26,32)(H,27,28,29)/q-1. The number of alkyl halides is 1. The first kappa shape index (κ1) is 24.5. The number of halogens is 2. The van der Waals surface area contributed by atoms with Crippen molar-refractivity contribution < 1.29 is 31.0 Å². The number of pyridine rings is 1. The molecular weight excluding hydrogens is 571 g/mol. The van der Waals surface area contributed by atoms with E-state index in [4.69, 9.17) is 16.3 Å². The molecule has 1 saturated heterocycles. The molecule has 182 valence electrons. The summed E-state index contributed by atoms with van der Waals surface area (Å²) >= 11 is 6.30. The fourth-order valence-corrected chi connectivity index (χ4v) is 6.44. The molecule has 0 unspecified atom stereocenters. The van der Waals surface area contributed by atoms with E-state index in [9.17, 15) is 9.59 Å². The van der Waals surface area contributed by atoms with Crippen molar-refractivity contribution in [2.45, 2.75) is 32.7 Å². The van der Waals surface area contributed by atoms with Crippen LogP contribution < -0.4 is 45.5 Å². The average Bonchev–Trinajstić information content (AvgIpc) is 2.86. The molecule has 0 atom stereocenters. The first-order valence-corrected chi connectivity index (χ1v) is 14.0. The van der Waals surface area contributed by atoms with Gasteiger partial charge in [-0.3, -0.25) is 4.79 Å². The fourth-order valence-electron chi connectivity index (χ4n) is 3.62. The molecule has 0 spiro atoms. The van der Waals surface area contributed by atoms with Crippen molar-refractivity contribution in [2.24, 2.45) is 0 Å². The molecule has 3 aromatic rings. The van der Waals surface area contributed by atoms with E-state index in [0.29, 0.717) is 23.3 Å². The topological polar surface area (TPSA) is 101 Å². The summed E-state index contributed by atoms with van der Waals surface area (Å²) < 4.78 is 10.7. The molecule has 3 heterocycles. The molecule has 0 radical (unpaired) electrons. The summed E-state index contributed by atoms with van der Waals surface area (Å²) in [5.74, 6) is 1.08. The van der Waals surface area contributed by atoms with Crippen molar-refractivity contribution in [3.8, 4) is 5.75 Å². The first-order valence-electron chi connectivity index (χ1n) is 11.2. The number of likely N-dealkylation sites (N-methyl/N-ethyl adjacent to an activating group) is 1. The number of ether oxygens (including phenoxy) is 1. The Kier molecular flexibility index (Phi) is 8.09. The van der Waals surface area contributed by atoms with Gasteiger partial charge < -0.3 is 5.32 Å². The van der Waals surface area contributed by atoms with Crippen molar-refractivity contribution >= 4 is 45.9 Å². The van der Waals surface area contributed by atoms with E-state index < -0.39 is 0 Å². The summed E-state index contributed by atoms with van der Waals surface area (Å²) in [7, 11) is 1.52. The number of fused-ring (bicyclic) bond motifs is 1. The third-order valence-electron chi connectivity index (χ3n) is 5.32. The van der Waals surface area contributed by atoms with Crippen LogP contribution in [0.2, 0.25) is 5.02 Å². The number of nitrogens with zero attached hydrogens (tertiary/aromatic N) is 4. The van der Waals surface area contributed by atoms with E-state index in [-0.39, 0.29) is 45.3 Å². The molecule has 1 amide bonds. The number of hydrogen-bond acceptors (Lipinski definition) is 7. The first-order chi connectivity index (χ1) is 16.5. The second-order valence-corrected chi connectivity index (χ2v) is 11.1. The molecule has 4 rings (SSSR count). The van der Waals surface area contributed by atoms with Gasteiger partial charge in [0.1, 0.15) is 0 Å². The van der Waals surface area contributed by atoms with Gasteiger partial charge in [-0.05, 0) is 0 Å². The molecule has 9 nitrogen and oxygen atoms in total. The summed E-state index contributed by atoms with van der Waals surface area (Å²) in [4.78, 5) is 33.7. The molecule has 2 N–H and O–H groups in total. The van der Waals surface area contributed by atoms with Crippen LogP contribution in [0.25, 0.3) is 10.9 Å². The van der Waals surface area contributed by atoms with E-state index in [1.165, 1.54) is 17.9 Å². The number of amides is 1. The summed E-state index contributed by atoms with van der Waals surface area (Å²) in [6.45, 7) is 3.31. The number of aromatic nitrogens is 3. The zero-order valence-electron chi connectivity index (χ0n) is 19.1. The molecule has 1 aliphatic heterocycles. The van der Waals surface area contributed by atoms with Gasteiger partial charge in [0, 0.05) is 7.05 Å². The van der Waals surface area contributed by atoms with Crippen LogP contribution in [-0.4, -0.2) is 45.1 Å². The second kappa shape index (κ2) is 11.2. The minimum absolute atomic E-state index is 0.0992. The zero-order valence-corrected chi connectivity index (χ0v) is 22.0. The Morgan fingerprint density at radius 1 is 1.29 bits per heavy atom. The normalized spacial score (nSPS) is 13.9. The number of aryl methyl sites for hydroxylation is 1. The maximum absolute atomic E-state index is 12.9. The fraction of sp³-hybridized carbons (Fsp3) is 0.391. The predicted octanol–water partition coefficient (Wildman–Crippen LogP) is 0.328. The van der Waals surface area contributed by atoms with Crippen LogP contribution in [0.3, 0.4) is 0 Å². The number of benzene rings is 1. The van der Waals surface area contributed by atoms with E-state index in [1.807, 2.05) is 25.1 Å². The van der Waals surface area contributed by atoms with Crippen molar-refractivity contribution in [1.82, 2.24) is 19.9 Å². The van der Waals surface area contributed by atoms with Crippen LogP contribution >= 0.6 is 11.6 Å². The van der Waals surface area contributed by atoms with Crippen molar-refractivity contribution in [3.63, 3.8) is 0 Å². The van der Waals surface area contributed by atoms with Gasteiger partial charge in [-0.2, -0.15) is 0 Å². The number of hydrogen-bond donors (Lipinski definition) is 2. The maximum atomic E-state index is 12.9. The van der Waals surface area contributed by atoms with Crippen LogP contribution in [0.15, 0.2) is 35.3 Å².